The van der Waals surface area contributed by atoms with Gasteiger partial charge in [-0.1, -0.05) is 30.3 Å². The topological polar surface area (TPSA) is 9.23 Å². The van der Waals surface area contributed by atoms with Crippen molar-refractivity contribution < 1.29 is 13.5 Å². The number of halogens is 3. The Labute approximate surface area is 111 Å². The Balaban J connectivity index is 1.69. The molecule has 0 saturated heterocycles. The molecule has 1 aromatic rings. The maximum Gasteiger partial charge on any atom is 0.249 e. The third kappa shape index (κ3) is 3.42. The van der Waals surface area contributed by atoms with Gasteiger partial charge in [-0.2, -0.15) is 0 Å². The minimum atomic E-state index is -2.52. The van der Waals surface area contributed by atoms with E-state index in [1.165, 1.54) is 0 Å². The summed E-state index contributed by atoms with van der Waals surface area (Å²) in [7, 11) is 0. The summed E-state index contributed by atoms with van der Waals surface area (Å²) in [4.78, 5) is 0. The van der Waals surface area contributed by atoms with Crippen molar-refractivity contribution in [3.05, 3.63) is 35.9 Å². The third-order valence-electron chi connectivity index (χ3n) is 3.44. The van der Waals surface area contributed by atoms with Crippen LogP contribution in [0, 0.1) is 5.41 Å². The first-order chi connectivity index (χ1) is 8.55. The van der Waals surface area contributed by atoms with Gasteiger partial charge in [0.2, 0.25) is 5.92 Å². The smallest absolute Gasteiger partial charge is 0.249 e. The van der Waals surface area contributed by atoms with E-state index >= 15 is 0 Å². The van der Waals surface area contributed by atoms with Crippen LogP contribution >= 0.6 is 11.6 Å². The monoisotopic (exact) mass is 274 g/mol. The van der Waals surface area contributed by atoms with Crippen LogP contribution in [0.15, 0.2) is 30.3 Å². The van der Waals surface area contributed by atoms with Crippen LogP contribution in [0.2, 0.25) is 0 Å². The molecule has 18 heavy (non-hydrogen) atoms. The van der Waals surface area contributed by atoms with Gasteiger partial charge in [0.25, 0.3) is 0 Å². The van der Waals surface area contributed by atoms with E-state index in [1.807, 2.05) is 30.3 Å². The summed E-state index contributed by atoms with van der Waals surface area (Å²) in [5, 5.41) is 0. The molecule has 1 fully saturated rings. The van der Waals surface area contributed by atoms with Crippen LogP contribution in [0.1, 0.15) is 24.8 Å². The van der Waals surface area contributed by atoms with E-state index in [0.717, 1.165) is 5.56 Å². The van der Waals surface area contributed by atoms with E-state index in [4.69, 9.17) is 16.3 Å². The summed E-state index contributed by atoms with van der Waals surface area (Å²) in [6.45, 7) is 1.01. The van der Waals surface area contributed by atoms with Gasteiger partial charge in [-0.15, -0.1) is 11.6 Å². The Bertz CT molecular complexity index is 373. The van der Waals surface area contributed by atoms with E-state index in [2.05, 4.69) is 0 Å². The SMILES string of the molecule is FC1(F)CC(CCl)(CCOCc2ccccc2)C1. The molecule has 0 heterocycles. The minimum Gasteiger partial charge on any atom is -0.377 e. The highest BCUT2D eigenvalue weighted by Crippen LogP contribution is 2.54. The summed E-state index contributed by atoms with van der Waals surface area (Å²) in [6.07, 6.45) is 0.412. The molecule has 0 amide bonds. The molecule has 1 aliphatic carbocycles. The molecule has 1 aromatic carbocycles. The quantitative estimate of drug-likeness (QED) is 0.557. The highest BCUT2D eigenvalue weighted by Gasteiger charge is 2.55. The molecule has 0 unspecified atom stereocenters. The number of benzene rings is 1. The summed E-state index contributed by atoms with van der Waals surface area (Å²) in [5.74, 6) is -2.23. The Kier molecular flexibility index (Phi) is 4.23. The fraction of sp³-hybridized carbons (Fsp3) is 0.571. The summed E-state index contributed by atoms with van der Waals surface area (Å²) < 4.78 is 31.3. The average molecular weight is 275 g/mol. The Morgan fingerprint density at radius 1 is 1.17 bits per heavy atom. The summed E-state index contributed by atoms with van der Waals surface area (Å²) in [6, 6.07) is 9.81. The van der Waals surface area contributed by atoms with Crippen LogP contribution in [0.4, 0.5) is 8.78 Å². The lowest BCUT2D eigenvalue weighted by Crippen LogP contribution is -2.47. The molecule has 1 aliphatic rings. The second-order valence-corrected chi connectivity index (χ2v) is 5.40. The normalized spacial score (nSPS) is 20.4. The van der Waals surface area contributed by atoms with Gasteiger partial charge in [0, 0.05) is 25.3 Å². The highest BCUT2D eigenvalue weighted by molar-refractivity contribution is 6.18. The van der Waals surface area contributed by atoms with Gasteiger partial charge in [0.15, 0.2) is 0 Å². The van der Waals surface area contributed by atoms with E-state index in [-0.39, 0.29) is 18.7 Å². The molecule has 0 aliphatic heterocycles. The first kappa shape index (κ1) is 13.8. The molecule has 0 spiro atoms. The van der Waals surface area contributed by atoms with Crippen molar-refractivity contribution in [1.82, 2.24) is 0 Å². The maximum absolute atomic E-state index is 12.9. The van der Waals surface area contributed by atoms with Crippen LogP contribution in [-0.4, -0.2) is 18.4 Å². The van der Waals surface area contributed by atoms with Crippen LogP contribution in [0.3, 0.4) is 0 Å². The van der Waals surface area contributed by atoms with Crippen LogP contribution in [0.5, 0.6) is 0 Å². The van der Waals surface area contributed by atoms with E-state index in [0.29, 0.717) is 19.6 Å². The van der Waals surface area contributed by atoms with Crippen LogP contribution in [-0.2, 0) is 11.3 Å². The largest absolute Gasteiger partial charge is 0.377 e. The minimum absolute atomic E-state index is 0.0990. The standard InChI is InChI=1S/C14H17ClF2O/c15-11-13(9-14(16,17)10-13)6-7-18-8-12-4-2-1-3-5-12/h1-5H,6-11H2. The molecule has 0 N–H and O–H groups in total. The van der Waals surface area contributed by atoms with Crippen molar-refractivity contribution in [3.8, 4) is 0 Å². The average Bonchev–Trinajstić information content (AvgIpc) is 2.33. The van der Waals surface area contributed by atoms with Gasteiger partial charge in [0.1, 0.15) is 0 Å². The molecule has 0 radical (unpaired) electrons. The van der Waals surface area contributed by atoms with Gasteiger partial charge in [-0.05, 0) is 17.4 Å². The third-order valence-corrected chi connectivity index (χ3v) is 4.01. The first-order valence-corrected chi connectivity index (χ1v) is 6.64. The lowest BCUT2D eigenvalue weighted by atomic mass is 9.65. The molecule has 1 nitrogen and oxygen atoms in total. The molecule has 2 rings (SSSR count). The van der Waals surface area contributed by atoms with Gasteiger partial charge in [-0.3, -0.25) is 0 Å². The molecular weight excluding hydrogens is 258 g/mol. The molecule has 1 saturated carbocycles. The van der Waals surface area contributed by atoms with E-state index in [9.17, 15) is 8.78 Å². The molecule has 0 atom stereocenters. The predicted octanol–water partition coefficient (Wildman–Crippen LogP) is 4.25. The Morgan fingerprint density at radius 2 is 1.83 bits per heavy atom. The van der Waals surface area contributed by atoms with E-state index in [1.54, 1.807) is 0 Å². The fourth-order valence-corrected chi connectivity index (χ4v) is 2.76. The number of alkyl halides is 3. The second kappa shape index (κ2) is 5.54. The van der Waals surface area contributed by atoms with Gasteiger partial charge >= 0.3 is 0 Å². The molecule has 0 aromatic heterocycles. The predicted molar refractivity (Wildman–Crippen MR) is 68.0 cm³/mol. The highest BCUT2D eigenvalue weighted by atomic mass is 35.5. The second-order valence-electron chi connectivity index (χ2n) is 5.13. The fourth-order valence-electron chi connectivity index (χ4n) is 2.44. The van der Waals surface area contributed by atoms with Crippen molar-refractivity contribution in [1.29, 1.82) is 0 Å². The lowest BCUT2D eigenvalue weighted by Gasteiger charge is -2.46. The summed E-state index contributed by atoms with van der Waals surface area (Å²) in [5.41, 5.74) is 0.679. The van der Waals surface area contributed by atoms with E-state index < -0.39 is 11.3 Å². The van der Waals surface area contributed by atoms with Crippen molar-refractivity contribution in [2.75, 3.05) is 12.5 Å². The molecular formula is C14H17ClF2O. The van der Waals surface area contributed by atoms with Crippen LogP contribution < -0.4 is 0 Å². The number of rotatable bonds is 6. The van der Waals surface area contributed by atoms with Crippen molar-refractivity contribution in [2.24, 2.45) is 5.41 Å². The molecule has 100 valence electrons. The first-order valence-electron chi connectivity index (χ1n) is 6.11. The van der Waals surface area contributed by atoms with Crippen molar-refractivity contribution >= 4 is 11.6 Å². The maximum atomic E-state index is 12.9. The number of ether oxygens (including phenoxy) is 1. The van der Waals surface area contributed by atoms with Gasteiger partial charge in [0.05, 0.1) is 6.61 Å². The number of hydrogen-bond donors (Lipinski definition) is 0. The van der Waals surface area contributed by atoms with Crippen LogP contribution in [0.25, 0.3) is 0 Å². The van der Waals surface area contributed by atoms with Gasteiger partial charge in [-0.25, -0.2) is 8.78 Å². The zero-order valence-electron chi connectivity index (χ0n) is 10.2. The zero-order valence-corrected chi connectivity index (χ0v) is 10.9. The molecule has 0 bridgehead atoms. The van der Waals surface area contributed by atoms with Gasteiger partial charge < -0.3 is 4.74 Å². The van der Waals surface area contributed by atoms with Crippen molar-refractivity contribution in [3.63, 3.8) is 0 Å². The zero-order chi connectivity index (χ0) is 13.1. The lowest BCUT2D eigenvalue weighted by molar-refractivity contribution is -0.159. The van der Waals surface area contributed by atoms with Crippen molar-refractivity contribution in [2.45, 2.75) is 31.8 Å². The Hall–Kier alpha value is -0.670. The summed E-state index contributed by atoms with van der Waals surface area (Å²) >= 11 is 5.79. The Morgan fingerprint density at radius 3 is 2.39 bits per heavy atom. The molecule has 4 heteroatoms. The number of hydrogen-bond acceptors (Lipinski definition) is 1.